The van der Waals surface area contributed by atoms with Crippen molar-refractivity contribution < 1.29 is 10.2 Å². The minimum atomic E-state index is -1.75. The molecule has 18 heavy (non-hydrogen) atoms. The normalized spacial score (nSPS) is 7.72. The summed E-state index contributed by atoms with van der Waals surface area (Å²) in [6.07, 6.45) is 0. The van der Waals surface area contributed by atoms with E-state index in [1.165, 1.54) is 5.56 Å². The molecule has 0 saturated carbocycles. The van der Waals surface area contributed by atoms with Crippen molar-refractivity contribution >= 4 is 37.7 Å². The van der Waals surface area contributed by atoms with Crippen molar-refractivity contribution in [2.75, 3.05) is 0 Å². The van der Waals surface area contributed by atoms with E-state index in [2.05, 4.69) is 38.1 Å². The van der Waals surface area contributed by atoms with Crippen LogP contribution >= 0.6 is 0 Å². The quantitative estimate of drug-likeness (QED) is 0.439. The van der Waals surface area contributed by atoms with Crippen LogP contribution in [0.15, 0.2) is 30.3 Å². The third-order valence-electron chi connectivity index (χ3n) is 1.47. The molecule has 0 radical (unpaired) electrons. The average Bonchev–Trinajstić information content (AvgIpc) is 2.17. The SMILES string of the molecule is CC(C)c1ccccc1.O=[N+]([O-])[O-].O=[N+]([O-])[O-].[Ca+2]. The summed E-state index contributed by atoms with van der Waals surface area (Å²) in [5.74, 6) is 0.659. The molecule has 0 atom stereocenters. The molecular formula is C9H12CaN2O6. The molecule has 8 nitrogen and oxygen atoms in total. The molecule has 1 aromatic rings. The van der Waals surface area contributed by atoms with Crippen LogP contribution in [0, 0.1) is 30.6 Å². The van der Waals surface area contributed by atoms with Crippen molar-refractivity contribution in [2.24, 2.45) is 0 Å². The second-order valence-corrected chi connectivity index (χ2v) is 3.01. The predicted molar refractivity (Wildman–Crippen MR) is 67.0 cm³/mol. The van der Waals surface area contributed by atoms with E-state index in [4.69, 9.17) is 30.6 Å². The molecule has 0 unspecified atom stereocenters. The molecule has 0 saturated heterocycles. The van der Waals surface area contributed by atoms with Crippen LogP contribution in [-0.4, -0.2) is 47.9 Å². The summed E-state index contributed by atoms with van der Waals surface area (Å²) in [6.45, 7) is 4.41. The number of rotatable bonds is 1. The van der Waals surface area contributed by atoms with Crippen LogP contribution in [0.2, 0.25) is 0 Å². The topological polar surface area (TPSA) is 132 Å². The minimum absolute atomic E-state index is 0. The van der Waals surface area contributed by atoms with E-state index in [-0.39, 0.29) is 37.7 Å². The summed E-state index contributed by atoms with van der Waals surface area (Å²) in [6, 6.07) is 10.5. The van der Waals surface area contributed by atoms with Gasteiger partial charge in [0.15, 0.2) is 0 Å². The van der Waals surface area contributed by atoms with Crippen molar-refractivity contribution in [3.05, 3.63) is 66.5 Å². The van der Waals surface area contributed by atoms with E-state index in [9.17, 15) is 0 Å². The predicted octanol–water partition coefficient (Wildman–Crippen LogP) is 1.95. The standard InChI is InChI=1S/C9H12.Ca.2NO3/c1-8(2)9-6-4-3-5-7-9;;2*2-1(3)4/h3-8H,1-2H3;;;/q;+2;2*-1. The number of hydrogen-bond acceptors (Lipinski definition) is 6. The van der Waals surface area contributed by atoms with Crippen LogP contribution < -0.4 is 0 Å². The summed E-state index contributed by atoms with van der Waals surface area (Å²) < 4.78 is 0. The maximum absolute atomic E-state index is 8.25. The molecule has 0 N–H and O–H groups in total. The van der Waals surface area contributed by atoms with Crippen molar-refractivity contribution in [3.8, 4) is 0 Å². The zero-order chi connectivity index (χ0) is 13.8. The summed E-state index contributed by atoms with van der Waals surface area (Å²) in [5, 5.41) is 29.5. The Kier molecular flexibility index (Phi) is 17.1. The van der Waals surface area contributed by atoms with Gasteiger partial charge in [-0.1, -0.05) is 44.2 Å². The zero-order valence-electron chi connectivity index (χ0n) is 10.0. The molecular weight excluding hydrogens is 272 g/mol. The Hall–Kier alpha value is -1.12. The van der Waals surface area contributed by atoms with Crippen LogP contribution in [0.3, 0.4) is 0 Å². The van der Waals surface area contributed by atoms with Crippen LogP contribution in [0.5, 0.6) is 0 Å². The molecule has 0 bridgehead atoms. The summed E-state index contributed by atoms with van der Waals surface area (Å²) in [4.78, 5) is 16.5. The van der Waals surface area contributed by atoms with E-state index in [1.54, 1.807) is 0 Å². The number of nitrogens with zero attached hydrogens (tertiary/aromatic N) is 2. The second-order valence-electron chi connectivity index (χ2n) is 3.01. The Labute approximate surface area is 133 Å². The fourth-order valence-electron chi connectivity index (χ4n) is 0.838. The third kappa shape index (κ3) is 24.2. The van der Waals surface area contributed by atoms with Gasteiger partial charge in [-0.2, -0.15) is 0 Å². The molecule has 0 fully saturated rings. The summed E-state index contributed by atoms with van der Waals surface area (Å²) >= 11 is 0. The van der Waals surface area contributed by atoms with Gasteiger partial charge in [-0.05, 0) is 11.5 Å². The third-order valence-corrected chi connectivity index (χ3v) is 1.47. The Balaban J connectivity index is -0.000000214. The van der Waals surface area contributed by atoms with Crippen molar-refractivity contribution in [2.45, 2.75) is 19.8 Å². The maximum atomic E-state index is 8.25. The number of benzene rings is 1. The summed E-state index contributed by atoms with van der Waals surface area (Å²) in [7, 11) is 0. The molecule has 0 aliphatic carbocycles. The zero-order valence-corrected chi connectivity index (χ0v) is 12.2. The molecule has 0 aliphatic heterocycles. The van der Waals surface area contributed by atoms with E-state index < -0.39 is 10.2 Å². The monoisotopic (exact) mass is 284 g/mol. The first-order chi connectivity index (χ1) is 7.77. The van der Waals surface area contributed by atoms with Gasteiger partial charge in [-0.15, -0.1) is 0 Å². The van der Waals surface area contributed by atoms with E-state index >= 15 is 0 Å². The van der Waals surface area contributed by atoms with Gasteiger partial charge in [-0.3, -0.25) is 0 Å². The van der Waals surface area contributed by atoms with E-state index in [0.717, 1.165) is 0 Å². The van der Waals surface area contributed by atoms with Crippen LogP contribution in [0.1, 0.15) is 25.3 Å². The Bertz CT molecular complexity index is 313. The van der Waals surface area contributed by atoms with Crippen molar-refractivity contribution in [1.29, 1.82) is 0 Å². The largest absolute Gasteiger partial charge is 2.00 e. The maximum Gasteiger partial charge on any atom is 2.00 e. The van der Waals surface area contributed by atoms with Gasteiger partial charge < -0.3 is 30.6 Å². The molecule has 0 heterocycles. The first-order valence-electron chi connectivity index (χ1n) is 4.45. The molecule has 0 aliphatic rings. The van der Waals surface area contributed by atoms with Crippen LogP contribution in [-0.2, 0) is 0 Å². The molecule has 96 valence electrons. The fraction of sp³-hybridized carbons (Fsp3) is 0.333. The van der Waals surface area contributed by atoms with Gasteiger partial charge >= 0.3 is 37.7 Å². The van der Waals surface area contributed by atoms with E-state index in [1.807, 2.05) is 6.07 Å². The van der Waals surface area contributed by atoms with E-state index in [0.29, 0.717) is 5.92 Å². The smallest absolute Gasteiger partial charge is 0.356 e. The molecule has 0 aromatic heterocycles. The Morgan fingerprint density at radius 2 is 1.17 bits per heavy atom. The van der Waals surface area contributed by atoms with Crippen molar-refractivity contribution in [1.82, 2.24) is 0 Å². The van der Waals surface area contributed by atoms with Gasteiger partial charge in [0, 0.05) is 0 Å². The van der Waals surface area contributed by atoms with Gasteiger partial charge in [0.2, 0.25) is 0 Å². The minimum Gasteiger partial charge on any atom is -0.356 e. The molecule has 0 amide bonds. The molecule has 0 spiro atoms. The van der Waals surface area contributed by atoms with Crippen LogP contribution in [0.4, 0.5) is 0 Å². The van der Waals surface area contributed by atoms with Gasteiger partial charge in [0.05, 0.1) is 10.2 Å². The second kappa shape index (κ2) is 13.9. The Morgan fingerprint density at radius 3 is 1.33 bits per heavy atom. The molecule has 1 aromatic carbocycles. The van der Waals surface area contributed by atoms with Gasteiger partial charge in [-0.25, -0.2) is 0 Å². The van der Waals surface area contributed by atoms with Gasteiger partial charge in [0.1, 0.15) is 0 Å². The summed E-state index contributed by atoms with van der Waals surface area (Å²) in [5.41, 5.74) is 1.41. The number of hydrogen-bond donors (Lipinski definition) is 0. The molecule has 9 heteroatoms. The van der Waals surface area contributed by atoms with Gasteiger partial charge in [0.25, 0.3) is 0 Å². The first kappa shape index (κ1) is 22.1. The van der Waals surface area contributed by atoms with Crippen LogP contribution in [0.25, 0.3) is 0 Å². The average molecular weight is 284 g/mol. The molecule has 1 rings (SSSR count). The van der Waals surface area contributed by atoms with Crippen molar-refractivity contribution in [3.63, 3.8) is 0 Å². The fourth-order valence-corrected chi connectivity index (χ4v) is 0.838. The Morgan fingerprint density at radius 1 is 0.889 bits per heavy atom. The first-order valence-corrected chi connectivity index (χ1v) is 4.45.